The van der Waals surface area contributed by atoms with Crippen molar-refractivity contribution in [2.24, 2.45) is 0 Å². The molecule has 0 saturated carbocycles. The summed E-state index contributed by atoms with van der Waals surface area (Å²) in [5.74, 6) is 0. The van der Waals surface area contributed by atoms with Crippen molar-refractivity contribution in [1.29, 1.82) is 0 Å². The zero-order chi connectivity index (χ0) is 14.1. The Hall–Kier alpha value is -0.160. The second-order valence-electron chi connectivity index (χ2n) is 5.71. The molecule has 0 rings (SSSR count). The van der Waals surface area contributed by atoms with E-state index in [1.54, 1.807) is 14.0 Å². The molecule has 0 saturated heterocycles. The van der Waals surface area contributed by atoms with Gasteiger partial charge in [0.25, 0.3) is 0 Å². The molecule has 0 fully saturated rings. The van der Waals surface area contributed by atoms with Crippen LogP contribution in [0.1, 0.15) is 48.0 Å². The lowest BCUT2D eigenvalue weighted by Gasteiger charge is -2.20. The Morgan fingerprint density at radius 2 is 1.59 bits per heavy atom. The third-order valence-electron chi connectivity index (χ3n) is 2.02. The quantitative estimate of drug-likeness (QED) is 0.783. The molecule has 2 N–H and O–H groups in total. The lowest BCUT2D eigenvalue weighted by molar-refractivity contribution is -0.0436. The van der Waals surface area contributed by atoms with E-state index in [9.17, 15) is 0 Å². The third-order valence-corrected chi connectivity index (χ3v) is 2.02. The SMILES string of the molecule is CC(O)COC(C)(C)C.COC(C)(C)CCO. The minimum atomic E-state index is -0.357. The molecular weight excluding hydrogens is 220 g/mol. The maximum Gasteiger partial charge on any atom is 0.0745 e. The Morgan fingerprint density at radius 1 is 1.12 bits per heavy atom. The van der Waals surface area contributed by atoms with Crippen molar-refractivity contribution in [3.8, 4) is 0 Å². The van der Waals surface area contributed by atoms with E-state index in [0.29, 0.717) is 13.0 Å². The smallest absolute Gasteiger partial charge is 0.0745 e. The average Bonchev–Trinajstić information content (AvgIpc) is 2.15. The topological polar surface area (TPSA) is 58.9 Å². The van der Waals surface area contributed by atoms with Gasteiger partial charge in [-0.25, -0.2) is 0 Å². The molecule has 0 aromatic heterocycles. The number of ether oxygens (including phenoxy) is 2. The summed E-state index contributed by atoms with van der Waals surface area (Å²) < 4.78 is 10.3. The van der Waals surface area contributed by atoms with Crippen molar-refractivity contribution in [2.75, 3.05) is 20.3 Å². The van der Waals surface area contributed by atoms with Crippen LogP contribution in [0.3, 0.4) is 0 Å². The summed E-state index contributed by atoms with van der Waals surface area (Å²) in [6.45, 7) is 12.1. The van der Waals surface area contributed by atoms with Crippen molar-refractivity contribution in [1.82, 2.24) is 0 Å². The van der Waals surface area contributed by atoms with Gasteiger partial charge in [0.1, 0.15) is 0 Å². The van der Waals surface area contributed by atoms with Crippen LogP contribution in [-0.4, -0.2) is 47.8 Å². The van der Waals surface area contributed by atoms with Crippen LogP contribution in [0.4, 0.5) is 0 Å². The molecule has 1 unspecified atom stereocenters. The van der Waals surface area contributed by atoms with Crippen LogP contribution in [0, 0.1) is 0 Å². The van der Waals surface area contributed by atoms with Crippen LogP contribution < -0.4 is 0 Å². The molecule has 0 aliphatic heterocycles. The molecule has 0 aromatic rings. The fourth-order valence-electron chi connectivity index (χ4n) is 0.742. The van der Waals surface area contributed by atoms with E-state index in [-0.39, 0.29) is 23.9 Å². The molecule has 0 aliphatic carbocycles. The number of rotatable bonds is 5. The lowest BCUT2D eigenvalue weighted by Crippen LogP contribution is -2.24. The number of methoxy groups -OCH3 is 1. The van der Waals surface area contributed by atoms with Crippen LogP contribution in [0.25, 0.3) is 0 Å². The van der Waals surface area contributed by atoms with Crippen LogP contribution >= 0.6 is 0 Å². The van der Waals surface area contributed by atoms with E-state index in [0.717, 1.165) is 0 Å². The molecule has 0 aliphatic rings. The van der Waals surface area contributed by atoms with Gasteiger partial charge in [0.15, 0.2) is 0 Å². The van der Waals surface area contributed by atoms with Crippen LogP contribution in [0.15, 0.2) is 0 Å². The lowest BCUT2D eigenvalue weighted by atomic mass is 10.1. The first-order chi connectivity index (χ1) is 7.54. The number of aliphatic hydroxyl groups is 2. The summed E-state index contributed by atoms with van der Waals surface area (Å²) in [7, 11) is 1.65. The van der Waals surface area contributed by atoms with E-state index in [4.69, 9.17) is 19.7 Å². The first-order valence-corrected chi connectivity index (χ1v) is 6.02. The van der Waals surface area contributed by atoms with Gasteiger partial charge in [-0.2, -0.15) is 0 Å². The van der Waals surface area contributed by atoms with Crippen LogP contribution in [0.2, 0.25) is 0 Å². The summed E-state index contributed by atoms with van der Waals surface area (Å²) in [5, 5.41) is 17.2. The largest absolute Gasteiger partial charge is 0.396 e. The van der Waals surface area contributed by atoms with E-state index >= 15 is 0 Å². The number of hydrogen-bond donors (Lipinski definition) is 2. The van der Waals surface area contributed by atoms with Crippen molar-refractivity contribution < 1.29 is 19.7 Å². The molecule has 106 valence electrons. The van der Waals surface area contributed by atoms with Crippen molar-refractivity contribution in [2.45, 2.75) is 65.3 Å². The minimum Gasteiger partial charge on any atom is -0.396 e. The molecule has 0 amide bonds. The van der Waals surface area contributed by atoms with Gasteiger partial charge in [-0.3, -0.25) is 0 Å². The second kappa shape index (κ2) is 8.86. The maximum absolute atomic E-state index is 8.79. The van der Waals surface area contributed by atoms with Gasteiger partial charge in [-0.05, 0) is 48.0 Å². The summed E-state index contributed by atoms with van der Waals surface area (Å²) in [4.78, 5) is 0. The summed E-state index contributed by atoms with van der Waals surface area (Å²) in [6.07, 6.45) is 0.341. The van der Waals surface area contributed by atoms with E-state index < -0.39 is 0 Å². The molecule has 0 radical (unpaired) electrons. The summed E-state index contributed by atoms with van der Waals surface area (Å²) >= 11 is 0. The zero-order valence-corrected chi connectivity index (χ0v) is 12.4. The predicted molar refractivity (Wildman–Crippen MR) is 70.2 cm³/mol. The third kappa shape index (κ3) is 18.4. The molecule has 4 heteroatoms. The molecule has 4 nitrogen and oxygen atoms in total. The van der Waals surface area contributed by atoms with Gasteiger partial charge in [0.2, 0.25) is 0 Å². The van der Waals surface area contributed by atoms with Crippen molar-refractivity contribution in [3.05, 3.63) is 0 Å². The van der Waals surface area contributed by atoms with Gasteiger partial charge < -0.3 is 19.7 Å². The van der Waals surface area contributed by atoms with Gasteiger partial charge >= 0.3 is 0 Å². The molecule has 0 aromatic carbocycles. The molecule has 0 heterocycles. The first-order valence-electron chi connectivity index (χ1n) is 6.02. The highest BCUT2D eigenvalue weighted by molar-refractivity contribution is 4.65. The molecular formula is C13H30O4. The van der Waals surface area contributed by atoms with Crippen molar-refractivity contribution >= 4 is 0 Å². The maximum atomic E-state index is 8.79. The van der Waals surface area contributed by atoms with Gasteiger partial charge in [-0.1, -0.05) is 0 Å². The highest BCUT2D eigenvalue weighted by Crippen LogP contribution is 2.10. The van der Waals surface area contributed by atoms with Gasteiger partial charge in [-0.15, -0.1) is 0 Å². The number of hydrogen-bond acceptors (Lipinski definition) is 4. The Morgan fingerprint density at radius 3 is 1.71 bits per heavy atom. The fourth-order valence-corrected chi connectivity index (χ4v) is 0.742. The average molecular weight is 250 g/mol. The Balaban J connectivity index is 0. The normalized spacial score (nSPS) is 13.9. The van der Waals surface area contributed by atoms with E-state index in [1.807, 2.05) is 34.6 Å². The molecule has 17 heavy (non-hydrogen) atoms. The van der Waals surface area contributed by atoms with Crippen molar-refractivity contribution in [3.63, 3.8) is 0 Å². The Kier molecular flexibility index (Phi) is 10.0. The predicted octanol–water partition coefficient (Wildman–Crippen LogP) is 1.98. The Bertz CT molecular complexity index is 171. The minimum absolute atomic E-state index is 0.128. The highest BCUT2D eigenvalue weighted by Gasteiger charge is 2.13. The summed E-state index contributed by atoms with van der Waals surface area (Å²) in [6, 6.07) is 0. The first kappa shape index (κ1) is 19.2. The zero-order valence-electron chi connectivity index (χ0n) is 12.4. The van der Waals surface area contributed by atoms with Crippen LogP contribution in [-0.2, 0) is 9.47 Å². The highest BCUT2D eigenvalue weighted by atomic mass is 16.5. The van der Waals surface area contributed by atoms with Gasteiger partial charge in [0.05, 0.1) is 23.9 Å². The van der Waals surface area contributed by atoms with Gasteiger partial charge in [0, 0.05) is 13.7 Å². The monoisotopic (exact) mass is 250 g/mol. The summed E-state index contributed by atoms with van der Waals surface area (Å²) in [5.41, 5.74) is -0.286. The molecule has 0 spiro atoms. The van der Waals surface area contributed by atoms with E-state index in [1.165, 1.54) is 0 Å². The van der Waals surface area contributed by atoms with E-state index in [2.05, 4.69) is 0 Å². The standard InChI is InChI=1S/C7H16O2.C6H14O2/c1-6(8)5-9-7(2,3)4;1-6(2,8-3)4-5-7/h6,8H,5H2,1-4H3;7H,4-5H2,1-3H3. The van der Waals surface area contributed by atoms with Crippen LogP contribution in [0.5, 0.6) is 0 Å². The Labute approximate surface area is 106 Å². The molecule has 1 atom stereocenters. The fraction of sp³-hybridized carbons (Fsp3) is 1.00. The number of aliphatic hydroxyl groups excluding tert-OH is 2. The molecule has 0 bridgehead atoms. The second-order valence-corrected chi connectivity index (χ2v) is 5.71.